The van der Waals surface area contributed by atoms with E-state index in [-0.39, 0.29) is 18.9 Å². The maximum atomic E-state index is 2.78. The van der Waals surface area contributed by atoms with Crippen LogP contribution in [0.2, 0.25) is 0 Å². The van der Waals surface area contributed by atoms with Gasteiger partial charge in [-0.1, -0.05) is 33.5 Å². The Kier molecular flexibility index (Phi) is 0.860. The average Bonchev–Trinajstić information content (AvgIpc) is 2.65. The Bertz CT molecular complexity index is 241. The van der Waals surface area contributed by atoms with Crippen molar-refractivity contribution in [3.05, 3.63) is 5.92 Å². The van der Waals surface area contributed by atoms with E-state index in [1.165, 1.54) is 35.5 Å². The zero-order valence-corrected chi connectivity index (χ0v) is 8.71. The van der Waals surface area contributed by atoms with Gasteiger partial charge in [-0.15, -0.1) is 22.6 Å². The van der Waals surface area contributed by atoms with Crippen LogP contribution >= 0.6 is 22.6 Å². The molecule has 6 aliphatic carbocycles. The van der Waals surface area contributed by atoms with E-state index >= 15 is 0 Å². The van der Waals surface area contributed by atoms with Crippen LogP contribution in [0.1, 0.15) is 6.42 Å². The summed E-state index contributed by atoms with van der Waals surface area (Å²) in [6, 6.07) is 0. The molecule has 0 nitrogen and oxygen atoms in total. The summed E-state index contributed by atoms with van der Waals surface area (Å²) >= 11 is 2.78. The number of alkyl halides is 1. The van der Waals surface area contributed by atoms with Crippen LogP contribution < -0.4 is 18.9 Å². The van der Waals surface area contributed by atoms with E-state index < -0.39 is 0 Å². The Morgan fingerprint density at radius 3 is 1.91 bits per heavy atom. The van der Waals surface area contributed by atoms with Crippen molar-refractivity contribution in [2.75, 3.05) is 0 Å². The molecule has 0 aromatic rings. The van der Waals surface area contributed by atoms with Gasteiger partial charge in [0.15, 0.2) is 0 Å². The molecule has 0 aromatic carbocycles. The van der Waals surface area contributed by atoms with Crippen molar-refractivity contribution in [3.63, 3.8) is 0 Å². The van der Waals surface area contributed by atoms with Crippen molar-refractivity contribution in [1.29, 1.82) is 0 Å². The van der Waals surface area contributed by atoms with Gasteiger partial charge in [-0.25, -0.2) is 0 Å². The second-order valence-corrected chi connectivity index (χ2v) is 6.67. The van der Waals surface area contributed by atoms with Crippen molar-refractivity contribution < 1.29 is 18.9 Å². The van der Waals surface area contributed by atoms with Crippen LogP contribution in [0, 0.1) is 41.4 Å². The first-order chi connectivity index (χ1) is 4.85. The number of hydrogen-bond acceptors (Lipinski definition) is 0. The SMILES string of the molecule is IC12[C-]3C4C5CC(C34)C1C52.[Li+]. The van der Waals surface area contributed by atoms with Crippen molar-refractivity contribution >= 4 is 22.6 Å². The first kappa shape index (κ1) is 6.73. The molecule has 6 saturated carbocycles. The first-order valence-corrected chi connectivity index (χ1v) is 5.49. The molecule has 0 radical (unpaired) electrons. The van der Waals surface area contributed by atoms with Crippen LogP contribution in [-0.2, 0) is 0 Å². The molecule has 0 saturated heterocycles. The molecule has 0 spiro atoms. The minimum Gasteiger partial charge on any atom is -0.295 e. The van der Waals surface area contributed by atoms with Crippen molar-refractivity contribution in [3.8, 4) is 0 Å². The Labute approximate surface area is 92.2 Å². The zero-order valence-electron chi connectivity index (χ0n) is 6.55. The molecule has 0 N–H and O–H groups in total. The summed E-state index contributed by atoms with van der Waals surface area (Å²) in [7, 11) is 0. The molecule has 6 aliphatic rings. The third-order valence-electron chi connectivity index (χ3n) is 5.08. The Balaban J connectivity index is 0.000000392. The minimum atomic E-state index is 0. The standard InChI is InChI=1S/C9H8I.Li/c10-9-6-2-1-3(7(6)9)5-4(2)8(5)9;/h2-7H,1H2;/q-1;+1. The summed E-state index contributed by atoms with van der Waals surface area (Å²) < 4.78 is 0.834. The van der Waals surface area contributed by atoms with Crippen molar-refractivity contribution in [1.82, 2.24) is 0 Å². The van der Waals surface area contributed by atoms with Gasteiger partial charge in [-0.3, -0.25) is 5.92 Å². The molecule has 0 aliphatic heterocycles. The van der Waals surface area contributed by atoms with E-state index in [9.17, 15) is 0 Å². The number of rotatable bonds is 0. The van der Waals surface area contributed by atoms with Gasteiger partial charge >= 0.3 is 18.9 Å². The Morgan fingerprint density at radius 2 is 1.73 bits per heavy atom. The summed E-state index contributed by atoms with van der Waals surface area (Å²) in [5, 5.41) is 0. The topological polar surface area (TPSA) is 0 Å². The Hall–Kier alpha value is 1.33. The zero-order chi connectivity index (χ0) is 6.25. The second-order valence-electron chi connectivity index (χ2n) is 4.89. The number of halogens is 1. The van der Waals surface area contributed by atoms with Crippen LogP contribution in [0.3, 0.4) is 0 Å². The van der Waals surface area contributed by atoms with Crippen molar-refractivity contribution in [2.24, 2.45) is 35.5 Å². The van der Waals surface area contributed by atoms with Gasteiger partial charge in [0.25, 0.3) is 0 Å². The molecule has 0 aromatic heterocycles. The summed E-state index contributed by atoms with van der Waals surface area (Å²) in [6.07, 6.45) is 1.64. The molecule has 6 rings (SSSR count). The molecular weight excluding hydrogens is 242 g/mol. The third-order valence-corrected chi connectivity index (χ3v) is 7.14. The quantitative estimate of drug-likeness (QED) is 0.221. The molecular formula is C9H8ILi. The average molecular weight is 250 g/mol. The smallest absolute Gasteiger partial charge is 0.295 e. The molecule has 6 fully saturated rings. The summed E-state index contributed by atoms with van der Waals surface area (Å²) in [5.41, 5.74) is 0. The van der Waals surface area contributed by atoms with Crippen LogP contribution in [0.5, 0.6) is 0 Å². The largest absolute Gasteiger partial charge is 1.00 e. The van der Waals surface area contributed by atoms with Gasteiger partial charge in [0.1, 0.15) is 0 Å². The van der Waals surface area contributed by atoms with E-state index in [4.69, 9.17) is 0 Å². The molecule has 2 heteroatoms. The van der Waals surface area contributed by atoms with Gasteiger partial charge < -0.3 is 0 Å². The molecule has 52 valence electrons. The van der Waals surface area contributed by atoms with E-state index in [1.54, 1.807) is 6.42 Å². The predicted octanol–water partition coefficient (Wildman–Crippen LogP) is -1.11. The van der Waals surface area contributed by atoms with Gasteiger partial charge in [-0.05, 0) is 0 Å². The third kappa shape index (κ3) is 0.374. The molecule has 2 bridgehead atoms. The summed E-state index contributed by atoms with van der Waals surface area (Å²) in [5.74, 6) is 9.28. The predicted molar refractivity (Wildman–Crippen MR) is 45.6 cm³/mol. The van der Waals surface area contributed by atoms with Gasteiger partial charge in [-0.2, -0.15) is 11.8 Å². The molecule has 6 unspecified atom stereocenters. The van der Waals surface area contributed by atoms with Gasteiger partial charge in [0.05, 0.1) is 0 Å². The Morgan fingerprint density at radius 1 is 1.18 bits per heavy atom. The van der Waals surface area contributed by atoms with E-state index in [2.05, 4.69) is 22.6 Å². The van der Waals surface area contributed by atoms with Gasteiger partial charge in [0, 0.05) is 0 Å². The van der Waals surface area contributed by atoms with Crippen LogP contribution in [0.25, 0.3) is 0 Å². The first-order valence-electron chi connectivity index (χ1n) is 4.41. The second kappa shape index (κ2) is 1.40. The fraction of sp³-hybridized carbons (Fsp3) is 0.889. The maximum absolute atomic E-state index is 2.78. The minimum absolute atomic E-state index is 0. The fourth-order valence-electron chi connectivity index (χ4n) is 5.11. The van der Waals surface area contributed by atoms with Crippen LogP contribution in [0.15, 0.2) is 0 Å². The normalized spacial score (nSPS) is 83.7. The van der Waals surface area contributed by atoms with Gasteiger partial charge in [0.2, 0.25) is 0 Å². The van der Waals surface area contributed by atoms with E-state index in [0.29, 0.717) is 0 Å². The monoisotopic (exact) mass is 250 g/mol. The van der Waals surface area contributed by atoms with Crippen molar-refractivity contribution in [2.45, 2.75) is 9.84 Å². The molecule has 6 atom stereocenters. The number of hydrogen-bond donors (Lipinski definition) is 0. The van der Waals surface area contributed by atoms with Crippen LogP contribution in [-0.4, -0.2) is 3.42 Å². The summed E-state index contributed by atoms with van der Waals surface area (Å²) in [6.45, 7) is 0. The van der Waals surface area contributed by atoms with Crippen LogP contribution in [0.4, 0.5) is 0 Å². The molecule has 0 amide bonds. The fourth-order valence-corrected chi connectivity index (χ4v) is 7.34. The molecule has 11 heavy (non-hydrogen) atoms. The molecule has 0 heterocycles. The maximum Gasteiger partial charge on any atom is 1.00 e. The van der Waals surface area contributed by atoms with E-state index in [1.807, 2.05) is 5.92 Å². The van der Waals surface area contributed by atoms with E-state index in [0.717, 1.165) is 3.42 Å². The summed E-state index contributed by atoms with van der Waals surface area (Å²) in [4.78, 5) is 0.